The minimum Gasteiger partial charge on any atom is -0.271 e. The van der Waals surface area contributed by atoms with Gasteiger partial charge in [0.1, 0.15) is 6.54 Å². The number of amides is 1. The van der Waals surface area contributed by atoms with Crippen molar-refractivity contribution in [1.29, 1.82) is 0 Å². The summed E-state index contributed by atoms with van der Waals surface area (Å²) in [5, 5.41) is 3.91. The molecule has 7 heteroatoms. The molecule has 2 rings (SSSR count). The van der Waals surface area contributed by atoms with Crippen molar-refractivity contribution in [3.8, 4) is 0 Å². The van der Waals surface area contributed by atoms with Crippen LogP contribution in [0.2, 0.25) is 0 Å². The van der Waals surface area contributed by atoms with E-state index >= 15 is 0 Å². The van der Waals surface area contributed by atoms with Gasteiger partial charge in [0, 0.05) is 24.8 Å². The van der Waals surface area contributed by atoms with Crippen molar-refractivity contribution < 1.29 is 4.79 Å². The third kappa shape index (κ3) is 2.77. The number of carbonyl (C=O) groups is 1. The lowest BCUT2D eigenvalue weighted by atomic mass is 10.6. The molecule has 0 aliphatic heterocycles. The van der Waals surface area contributed by atoms with Gasteiger partial charge < -0.3 is 0 Å². The van der Waals surface area contributed by atoms with E-state index in [1.54, 1.807) is 36.9 Å². The van der Waals surface area contributed by atoms with Crippen molar-refractivity contribution in [3.05, 3.63) is 36.9 Å². The fraction of sp³-hybridized carbons (Fsp3) is 0.111. The molecule has 2 N–H and O–H groups in total. The molecule has 2 heterocycles. The first-order valence-electron chi connectivity index (χ1n) is 4.64. The highest BCUT2D eigenvalue weighted by atomic mass is 16.2. The molecule has 16 heavy (non-hydrogen) atoms. The van der Waals surface area contributed by atoms with Gasteiger partial charge in [-0.2, -0.15) is 5.10 Å². The van der Waals surface area contributed by atoms with Gasteiger partial charge in [-0.15, -0.1) is 0 Å². The van der Waals surface area contributed by atoms with Crippen molar-refractivity contribution in [2.45, 2.75) is 6.54 Å². The smallest absolute Gasteiger partial charge is 0.260 e. The van der Waals surface area contributed by atoms with Crippen LogP contribution in [0.4, 0.5) is 5.95 Å². The van der Waals surface area contributed by atoms with E-state index in [0.29, 0.717) is 5.95 Å². The van der Waals surface area contributed by atoms with Crippen LogP contribution in [0, 0.1) is 0 Å². The number of carbonyl (C=O) groups excluding carboxylic acids is 1. The molecule has 0 aliphatic rings. The number of nitrogens with zero attached hydrogens (tertiary/aromatic N) is 4. The average Bonchev–Trinajstić information content (AvgIpc) is 2.81. The Morgan fingerprint density at radius 2 is 2.06 bits per heavy atom. The first-order chi connectivity index (χ1) is 7.84. The largest absolute Gasteiger partial charge is 0.271 e. The topological polar surface area (TPSA) is 84.7 Å². The molecular formula is C9H10N6O. The molecule has 82 valence electrons. The number of hydrogen-bond donors (Lipinski definition) is 2. The van der Waals surface area contributed by atoms with Crippen molar-refractivity contribution in [2.75, 3.05) is 5.43 Å². The molecule has 0 fully saturated rings. The molecule has 0 bridgehead atoms. The Hall–Kier alpha value is -2.44. The van der Waals surface area contributed by atoms with E-state index in [4.69, 9.17) is 0 Å². The third-order valence-electron chi connectivity index (χ3n) is 1.74. The first-order valence-corrected chi connectivity index (χ1v) is 4.64. The summed E-state index contributed by atoms with van der Waals surface area (Å²) in [6, 6.07) is 3.44. The first kappa shape index (κ1) is 10.1. The Morgan fingerprint density at radius 3 is 2.75 bits per heavy atom. The van der Waals surface area contributed by atoms with Gasteiger partial charge >= 0.3 is 0 Å². The highest BCUT2D eigenvalue weighted by Gasteiger charge is 2.02. The number of aromatic nitrogens is 4. The Bertz CT molecular complexity index is 440. The van der Waals surface area contributed by atoms with Crippen molar-refractivity contribution in [3.63, 3.8) is 0 Å². The number of nitrogens with one attached hydrogen (secondary N) is 2. The lowest BCUT2D eigenvalue weighted by Gasteiger charge is -2.06. The lowest BCUT2D eigenvalue weighted by Crippen LogP contribution is -2.33. The zero-order valence-corrected chi connectivity index (χ0v) is 8.37. The summed E-state index contributed by atoms with van der Waals surface area (Å²) in [6.45, 7) is 0.146. The second-order valence-corrected chi connectivity index (χ2v) is 2.95. The highest BCUT2D eigenvalue weighted by Crippen LogP contribution is 1.90. The highest BCUT2D eigenvalue weighted by molar-refractivity contribution is 5.76. The minimum absolute atomic E-state index is 0.146. The fourth-order valence-electron chi connectivity index (χ4n) is 1.07. The van der Waals surface area contributed by atoms with Gasteiger partial charge in [-0.3, -0.25) is 20.3 Å². The molecule has 0 atom stereocenters. The maximum Gasteiger partial charge on any atom is 0.260 e. The maximum absolute atomic E-state index is 11.4. The summed E-state index contributed by atoms with van der Waals surface area (Å²) in [5.74, 6) is 0.118. The van der Waals surface area contributed by atoms with E-state index in [1.807, 2.05) is 0 Å². The molecule has 1 amide bonds. The van der Waals surface area contributed by atoms with Crippen LogP contribution < -0.4 is 10.9 Å². The van der Waals surface area contributed by atoms with Crippen LogP contribution in [0.25, 0.3) is 0 Å². The summed E-state index contributed by atoms with van der Waals surface area (Å²) >= 11 is 0. The van der Waals surface area contributed by atoms with E-state index in [1.165, 1.54) is 4.68 Å². The van der Waals surface area contributed by atoms with E-state index in [2.05, 4.69) is 25.9 Å². The molecular weight excluding hydrogens is 208 g/mol. The van der Waals surface area contributed by atoms with Crippen LogP contribution in [0.5, 0.6) is 0 Å². The summed E-state index contributed by atoms with van der Waals surface area (Å²) in [6.07, 6.45) is 6.48. The predicted octanol–water partition coefficient (Wildman–Crippen LogP) is -0.184. The third-order valence-corrected chi connectivity index (χ3v) is 1.74. The monoisotopic (exact) mass is 218 g/mol. The molecule has 0 saturated heterocycles. The van der Waals surface area contributed by atoms with Gasteiger partial charge in [-0.05, 0) is 12.1 Å². The molecule has 0 aromatic carbocycles. The predicted molar refractivity (Wildman–Crippen MR) is 56.0 cm³/mol. The fourth-order valence-corrected chi connectivity index (χ4v) is 1.07. The average molecular weight is 218 g/mol. The van der Waals surface area contributed by atoms with Gasteiger partial charge in [0.2, 0.25) is 5.95 Å². The van der Waals surface area contributed by atoms with Gasteiger partial charge in [-0.25, -0.2) is 9.97 Å². The van der Waals surface area contributed by atoms with E-state index in [-0.39, 0.29) is 12.5 Å². The van der Waals surface area contributed by atoms with Crippen LogP contribution >= 0.6 is 0 Å². The SMILES string of the molecule is O=C(Cn1cccn1)NNc1ncccn1. The van der Waals surface area contributed by atoms with E-state index < -0.39 is 0 Å². The molecule has 2 aromatic rings. The van der Waals surface area contributed by atoms with E-state index in [9.17, 15) is 4.79 Å². The van der Waals surface area contributed by atoms with Crippen LogP contribution in [0.1, 0.15) is 0 Å². The number of rotatable bonds is 4. The zero-order valence-electron chi connectivity index (χ0n) is 8.37. The summed E-state index contributed by atoms with van der Waals surface area (Å²) in [4.78, 5) is 19.2. The van der Waals surface area contributed by atoms with Crippen LogP contribution in [0.15, 0.2) is 36.9 Å². The normalized spacial score (nSPS) is 9.75. The molecule has 0 saturated carbocycles. The summed E-state index contributed by atoms with van der Waals surface area (Å²) in [5.41, 5.74) is 5.06. The molecule has 0 aliphatic carbocycles. The quantitative estimate of drug-likeness (QED) is 0.695. The van der Waals surface area contributed by atoms with Gasteiger partial charge in [-0.1, -0.05) is 0 Å². The molecule has 0 unspecified atom stereocenters. The molecule has 2 aromatic heterocycles. The molecule has 7 nitrogen and oxygen atoms in total. The standard InChI is InChI=1S/C9H10N6O/c16-8(7-15-6-2-5-12-15)13-14-9-10-3-1-4-11-9/h1-6H,7H2,(H,13,16)(H,10,11,14). The Kier molecular flexibility index (Phi) is 3.07. The Balaban J connectivity index is 1.80. The van der Waals surface area contributed by atoms with Gasteiger partial charge in [0.05, 0.1) is 0 Å². The number of hydrogen-bond acceptors (Lipinski definition) is 5. The second kappa shape index (κ2) is 4.87. The van der Waals surface area contributed by atoms with Gasteiger partial charge in [0.25, 0.3) is 5.91 Å². The minimum atomic E-state index is -0.226. The Labute approximate surface area is 91.5 Å². The zero-order chi connectivity index (χ0) is 11.2. The van der Waals surface area contributed by atoms with Crippen LogP contribution in [0.3, 0.4) is 0 Å². The summed E-state index contributed by atoms with van der Waals surface area (Å²) < 4.78 is 1.52. The molecule has 0 spiro atoms. The maximum atomic E-state index is 11.4. The van der Waals surface area contributed by atoms with Crippen LogP contribution in [-0.4, -0.2) is 25.7 Å². The second-order valence-electron chi connectivity index (χ2n) is 2.95. The summed E-state index contributed by atoms with van der Waals surface area (Å²) in [7, 11) is 0. The number of hydrazine groups is 1. The van der Waals surface area contributed by atoms with Gasteiger partial charge in [0.15, 0.2) is 0 Å². The van der Waals surface area contributed by atoms with E-state index in [0.717, 1.165) is 0 Å². The number of anilines is 1. The lowest BCUT2D eigenvalue weighted by molar-refractivity contribution is -0.121. The van der Waals surface area contributed by atoms with Crippen molar-refractivity contribution in [1.82, 2.24) is 25.2 Å². The molecule has 0 radical (unpaired) electrons. The van der Waals surface area contributed by atoms with Crippen molar-refractivity contribution >= 4 is 11.9 Å². The van der Waals surface area contributed by atoms with Crippen LogP contribution in [-0.2, 0) is 11.3 Å². The van der Waals surface area contributed by atoms with Crippen molar-refractivity contribution in [2.24, 2.45) is 0 Å². The Morgan fingerprint density at radius 1 is 1.25 bits per heavy atom.